The van der Waals surface area contributed by atoms with Gasteiger partial charge in [-0.1, -0.05) is 60.7 Å². The highest BCUT2D eigenvalue weighted by molar-refractivity contribution is 6.35. The van der Waals surface area contributed by atoms with Crippen LogP contribution in [-0.2, 0) is 0 Å². The summed E-state index contributed by atoms with van der Waals surface area (Å²) >= 11 is 0. The molecule has 0 atom stereocenters. The Labute approximate surface area is 297 Å². The second-order valence-electron chi connectivity index (χ2n) is 12.5. The van der Waals surface area contributed by atoms with E-state index in [1.165, 1.54) is 17.3 Å². The monoisotopic (exact) mass is 668 g/mol. The third kappa shape index (κ3) is 4.83. The average Bonchev–Trinajstić information content (AvgIpc) is 3.67. The molecule has 8 nitrogen and oxygen atoms in total. The van der Waals surface area contributed by atoms with Crippen molar-refractivity contribution in [2.45, 2.75) is 0 Å². The van der Waals surface area contributed by atoms with Crippen LogP contribution in [0.1, 0.15) is 26.3 Å². The van der Waals surface area contributed by atoms with Crippen LogP contribution in [0.15, 0.2) is 146 Å². The quantitative estimate of drug-likeness (QED) is 0.134. The first-order valence-electron chi connectivity index (χ1n) is 16.5. The molecule has 0 saturated heterocycles. The lowest BCUT2D eigenvalue weighted by atomic mass is 10.0. The van der Waals surface area contributed by atoms with Crippen LogP contribution in [0.2, 0.25) is 0 Å². The van der Waals surface area contributed by atoms with E-state index >= 15 is 0 Å². The van der Waals surface area contributed by atoms with E-state index in [1.807, 2.05) is 83.4 Å². The molecule has 1 aliphatic rings. The van der Waals surface area contributed by atoms with Gasteiger partial charge >= 0.3 is 0 Å². The van der Waals surface area contributed by atoms with Crippen LogP contribution in [0, 0.1) is 17.9 Å². The normalized spacial score (nSPS) is 12.2. The number of nitriles is 1. The van der Waals surface area contributed by atoms with E-state index in [1.54, 1.807) is 42.7 Å². The van der Waals surface area contributed by atoms with E-state index in [-0.39, 0.29) is 5.91 Å². The molecule has 0 unspecified atom stereocenters. The Morgan fingerprint density at radius 3 is 1.90 bits per heavy atom. The van der Waals surface area contributed by atoms with Gasteiger partial charge in [-0.05, 0) is 88.5 Å². The molecule has 4 heterocycles. The summed E-state index contributed by atoms with van der Waals surface area (Å²) in [6.45, 7) is 7.48. The summed E-state index contributed by atoms with van der Waals surface area (Å²) in [7, 11) is 0. The molecule has 3 aromatic heterocycles. The highest BCUT2D eigenvalue weighted by Crippen LogP contribution is 2.40. The van der Waals surface area contributed by atoms with E-state index in [0.717, 1.165) is 55.2 Å². The molecule has 2 amide bonds. The van der Waals surface area contributed by atoms with Crippen molar-refractivity contribution in [1.29, 1.82) is 5.26 Å². The van der Waals surface area contributed by atoms with E-state index in [2.05, 4.69) is 33.0 Å². The molecular weight excluding hydrogens is 645 g/mol. The third-order valence-corrected chi connectivity index (χ3v) is 9.52. The van der Waals surface area contributed by atoms with Crippen molar-refractivity contribution in [3.05, 3.63) is 174 Å². The molecular formula is C44H24N6O2. The minimum Gasteiger partial charge on any atom is -0.308 e. The molecule has 8 heteroatoms. The second-order valence-corrected chi connectivity index (χ2v) is 12.5. The van der Waals surface area contributed by atoms with E-state index in [4.69, 9.17) is 6.57 Å². The number of amides is 2. The summed E-state index contributed by atoms with van der Waals surface area (Å²) in [6.07, 6.45) is 6.52. The van der Waals surface area contributed by atoms with Gasteiger partial charge in [0.2, 0.25) is 5.69 Å². The van der Waals surface area contributed by atoms with E-state index in [9.17, 15) is 14.9 Å². The largest absolute Gasteiger partial charge is 0.308 e. The molecule has 0 saturated carbocycles. The van der Waals surface area contributed by atoms with Crippen LogP contribution < -0.4 is 4.90 Å². The molecule has 5 aromatic carbocycles. The summed E-state index contributed by atoms with van der Waals surface area (Å²) in [4.78, 5) is 41.7. The molecule has 0 N–H and O–H groups in total. The van der Waals surface area contributed by atoms with E-state index < -0.39 is 5.91 Å². The number of pyridine rings is 2. The highest BCUT2D eigenvalue weighted by Gasteiger charge is 2.39. The van der Waals surface area contributed by atoms with Gasteiger partial charge in [-0.25, -0.2) is 9.74 Å². The first-order valence-corrected chi connectivity index (χ1v) is 16.5. The van der Waals surface area contributed by atoms with Gasteiger partial charge in [0, 0.05) is 41.1 Å². The number of benzene rings is 5. The number of fused-ring (bicyclic) bond motifs is 4. The Bertz CT molecular complexity index is 2750. The van der Waals surface area contributed by atoms with Gasteiger partial charge in [0.15, 0.2) is 0 Å². The van der Waals surface area contributed by atoms with Crippen molar-refractivity contribution in [3.63, 3.8) is 0 Å². The van der Waals surface area contributed by atoms with Crippen molar-refractivity contribution in [2.24, 2.45) is 0 Å². The zero-order chi connectivity index (χ0) is 35.3. The van der Waals surface area contributed by atoms with Crippen molar-refractivity contribution in [2.75, 3.05) is 4.90 Å². The van der Waals surface area contributed by atoms with Crippen LogP contribution in [0.3, 0.4) is 0 Å². The topological polar surface area (TPSA) is 96.2 Å². The Morgan fingerprint density at radius 1 is 0.596 bits per heavy atom. The fourth-order valence-electron chi connectivity index (χ4n) is 7.07. The third-order valence-electron chi connectivity index (χ3n) is 9.52. The lowest BCUT2D eigenvalue weighted by molar-refractivity contribution is 0.0926. The number of carbonyl (C=O) groups is 2. The fraction of sp³-hybridized carbons (Fsp3) is 0. The summed E-state index contributed by atoms with van der Waals surface area (Å²) in [5, 5.41) is 11.3. The van der Waals surface area contributed by atoms with Crippen LogP contribution in [0.5, 0.6) is 0 Å². The maximum Gasteiger partial charge on any atom is 0.268 e. The maximum absolute atomic E-state index is 14.4. The minimum atomic E-state index is -0.396. The van der Waals surface area contributed by atoms with Gasteiger partial charge in [0.1, 0.15) is 6.07 Å². The number of imide groups is 1. The number of hydrogen-bond acceptors (Lipinski definition) is 5. The molecule has 9 rings (SSSR count). The summed E-state index contributed by atoms with van der Waals surface area (Å²) in [6, 6.07) is 40.6. The highest BCUT2D eigenvalue weighted by atomic mass is 16.2. The van der Waals surface area contributed by atoms with Gasteiger partial charge < -0.3 is 4.57 Å². The lowest BCUT2D eigenvalue weighted by Crippen LogP contribution is -2.29. The second kappa shape index (κ2) is 12.0. The molecule has 0 aliphatic carbocycles. The van der Waals surface area contributed by atoms with Gasteiger partial charge in [0.05, 0.1) is 45.7 Å². The van der Waals surface area contributed by atoms with Gasteiger partial charge in [0.25, 0.3) is 11.8 Å². The zero-order valence-corrected chi connectivity index (χ0v) is 27.4. The number of anilines is 1. The van der Waals surface area contributed by atoms with Gasteiger partial charge in [-0.2, -0.15) is 5.26 Å². The predicted molar refractivity (Wildman–Crippen MR) is 201 cm³/mol. The van der Waals surface area contributed by atoms with Gasteiger partial charge in [-0.15, -0.1) is 0 Å². The van der Waals surface area contributed by atoms with Crippen LogP contribution >= 0.6 is 0 Å². The van der Waals surface area contributed by atoms with Crippen molar-refractivity contribution >= 4 is 45.0 Å². The van der Waals surface area contributed by atoms with Crippen molar-refractivity contribution in [3.8, 4) is 45.1 Å². The lowest BCUT2D eigenvalue weighted by Gasteiger charge is -2.15. The smallest absolute Gasteiger partial charge is 0.268 e. The molecule has 8 aromatic rings. The van der Waals surface area contributed by atoms with Crippen molar-refractivity contribution < 1.29 is 9.59 Å². The van der Waals surface area contributed by atoms with Crippen LogP contribution in [0.4, 0.5) is 11.4 Å². The van der Waals surface area contributed by atoms with Crippen LogP contribution in [0.25, 0.3) is 65.7 Å². The Balaban J connectivity index is 1.22. The Kier molecular flexibility index (Phi) is 7.03. The number of carbonyl (C=O) groups excluding carboxylic acids is 2. The molecule has 0 radical (unpaired) electrons. The SMILES string of the molecule is [C-]#[N+]c1cncc(-c2ccc3c(c2)c2cc(-c4cncc(C#N)c4)ccc2n3-c2cccc3c2C(=O)N(c2ccc(-c4ccccc4)cc2)C3=O)c1. The Morgan fingerprint density at radius 2 is 1.23 bits per heavy atom. The summed E-state index contributed by atoms with van der Waals surface area (Å²) in [5.41, 5.74) is 9.65. The van der Waals surface area contributed by atoms with Gasteiger partial charge in [-0.3, -0.25) is 19.6 Å². The Hall–Kier alpha value is -7.68. The standard InChI is InChI=1S/C44H24N6O2/c1-46-34-19-33(25-48-26-34)31-13-17-40-38(21-31)37-20-30(32-18-27(22-45)23-47-24-32)12-16-39(37)50(40)41-9-5-8-36-42(41)44(52)49(43(36)51)35-14-10-29(11-15-35)28-6-3-2-4-7-28/h2-21,23-26H. The summed E-state index contributed by atoms with van der Waals surface area (Å²) < 4.78 is 2.03. The number of aromatic nitrogens is 3. The van der Waals surface area contributed by atoms with Crippen molar-refractivity contribution in [1.82, 2.24) is 14.5 Å². The molecule has 52 heavy (non-hydrogen) atoms. The number of rotatable bonds is 5. The molecule has 0 bridgehead atoms. The minimum absolute atomic E-state index is 0.325. The van der Waals surface area contributed by atoms with E-state index in [0.29, 0.717) is 33.8 Å². The molecule has 0 fully saturated rings. The van der Waals surface area contributed by atoms with Crippen LogP contribution in [-0.4, -0.2) is 26.3 Å². The molecule has 1 aliphatic heterocycles. The first-order chi connectivity index (χ1) is 25.5. The molecule has 242 valence electrons. The number of nitrogens with zero attached hydrogens (tertiary/aromatic N) is 6. The maximum atomic E-state index is 14.4. The number of hydrogen-bond donors (Lipinski definition) is 0. The molecule has 0 spiro atoms. The zero-order valence-electron chi connectivity index (χ0n) is 27.4. The first kappa shape index (κ1) is 30.4. The predicted octanol–water partition coefficient (Wildman–Crippen LogP) is 9.80. The summed E-state index contributed by atoms with van der Waals surface area (Å²) in [5.74, 6) is -0.774. The average molecular weight is 669 g/mol. The fourth-order valence-corrected chi connectivity index (χ4v) is 7.07.